The second-order valence-corrected chi connectivity index (χ2v) is 3.25. The van der Waals surface area contributed by atoms with Crippen LogP contribution in [0.25, 0.3) is 0 Å². The fourth-order valence-electron chi connectivity index (χ4n) is 1.56. The molecule has 1 nitrogen and oxygen atoms in total. The molecule has 0 aliphatic carbocycles. The number of hydrogen-bond donors (Lipinski definition) is 1. The zero-order chi connectivity index (χ0) is 8.55. The van der Waals surface area contributed by atoms with Gasteiger partial charge in [-0.25, -0.2) is 4.39 Å². The first kappa shape index (κ1) is 7.74. The van der Waals surface area contributed by atoms with Crippen LogP contribution in [-0.2, 0) is 0 Å². The highest BCUT2D eigenvalue weighted by Crippen LogP contribution is 2.26. The number of nitrogens with one attached hydrogen (secondary N) is 1. The molecule has 0 amide bonds. The average Bonchev–Trinajstić information content (AvgIpc) is 1.95. The van der Waals surface area contributed by atoms with Gasteiger partial charge in [-0.2, -0.15) is 0 Å². The zero-order valence-electron chi connectivity index (χ0n) is 7.10. The van der Waals surface area contributed by atoms with Gasteiger partial charge in [0.1, 0.15) is 5.82 Å². The van der Waals surface area contributed by atoms with Gasteiger partial charge in [-0.3, -0.25) is 0 Å². The molecule has 0 saturated carbocycles. The monoisotopic (exact) mass is 165 g/mol. The smallest absolute Gasteiger partial charge is 0.126 e. The molecule has 64 valence electrons. The molecule has 0 radical (unpaired) electrons. The third kappa shape index (κ3) is 1.12. The first-order valence-electron chi connectivity index (χ1n) is 4.27. The maximum atomic E-state index is 13.1. The van der Waals surface area contributed by atoms with Crippen LogP contribution in [0.3, 0.4) is 0 Å². The fraction of sp³-hybridized carbons (Fsp3) is 0.400. The predicted octanol–water partition coefficient (Wildman–Crippen LogP) is 2.17. The van der Waals surface area contributed by atoms with E-state index in [1.807, 2.05) is 13.0 Å². The minimum absolute atomic E-state index is 0.0961. The second-order valence-electron chi connectivity index (χ2n) is 3.25. The molecule has 1 N–H and O–H groups in total. The Morgan fingerprint density at radius 2 is 2.25 bits per heavy atom. The van der Waals surface area contributed by atoms with Crippen LogP contribution in [0.2, 0.25) is 0 Å². The van der Waals surface area contributed by atoms with Crippen molar-refractivity contribution in [2.24, 2.45) is 0 Å². The molecule has 0 bridgehead atoms. The SMILES string of the molecule is Cc1c(F)cccc1[C@H]1CCN1. The minimum Gasteiger partial charge on any atom is -0.310 e. The summed E-state index contributed by atoms with van der Waals surface area (Å²) in [5.74, 6) is -0.0961. The molecule has 1 atom stereocenters. The van der Waals surface area contributed by atoms with Gasteiger partial charge in [0.05, 0.1) is 0 Å². The Labute approximate surface area is 71.6 Å². The molecule has 1 aromatic carbocycles. The number of hydrogen-bond acceptors (Lipinski definition) is 1. The van der Waals surface area contributed by atoms with E-state index in [0.717, 1.165) is 24.1 Å². The van der Waals surface area contributed by atoms with Gasteiger partial charge in [0.25, 0.3) is 0 Å². The maximum Gasteiger partial charge on any atom is 0.126 e. The molecule has 0 spiro atoms. The summed E-state index contributed by atoms with van der Waals surface area (Å²) in [5.41, 5.74) is 1.90. The molecule has 1 aliphatic rings. The molecular weight excluding hydrogens is 153 g/mol. The van der Waals surface area contributed by atoms with Crippen molar-refractivity contribution in [2.45, 2.75) is 19.4 Å². The van der Waals surface area contributed by atoms with Crippen LogP contribution in [-0.4, -0.2) is 6.54 Å². The van der Waals surface area contributed by atoms with E-state index in [2.05, 4.69) is 5.32 Å². The third-order valence-electron chi connectivity index (χ3n) is 2.51. The molecule has 1 fully saturated rings. The Morgan fingerprint density at radius 3 is 2.83 bits per heavy atom. The summed E-state index contributed by atoms with van der Waals surface area (Å²) < 4.78 is 13.1. The molecule has 12 heavy (non-hydrogen) atoms. The summed E-state index contributed by atoms with van der Waals surface area (Å²) >= 11 is 0. The molecular formula is C10H12FN. The lowest BCUT2D eigenvalue weighted by Crippen LogP contribution is -2.35. The van der Waals surface area contributed by atoms with Crippen LogP contribution in [0.1, 0.15) is 23.6 Å². The van der Waals surface area contributed by atoms with Crippen molar-refractivity contribution in [1.82, 2.24) is 5.32 Å². The Morgan fingerprint density at radius 1 is 1.50 bits per heavy atom. The highest BCUT2D eigenvalue weighted by molar-refractivity contribution is 5.31. The third-order valence-corrected chi connectivity index (χ3v) is 2.51. The standard InChI is InChI=1S/C10H12FN/c1-7-8(10-5-6-12-10)3-2-4-9(7)11/h2-4,10,12H,5-6H2,1H3/t10-/m1/s1. The van der Waals surface area contributed by atoms with Crippen molar-refractivity contribution >= 4 is 0 Å². The van der Waals surface area contributed by atoms with Gasteiger partial charge in [0.2, 0.25) is 0 Å². The van der Waals surface area contributed by atoms with Crippen LogP contribution in [0.15, 0.2) is 18.2 Å². The molecule has 2 heteroatoms. The van der Waals surface area contributed by atoms with Gasteiger partial charge in [0.15, 0.2) is 0 Å². The van der Waals surface area contributed by atoms with E-state index in [-0.39, 0.29) is 5.82 Å². The van der Waals surface area contributed by atoms with E-state index in [1.165, 1.54) is 6.07 Å². The van der Waals surface area contributed by atoms with Gasteiger partial charge in [-0.15, -0.1) is 0 Å². The van der Waals surface area contributed by atoms with Crippen molar-refractivity contribution in [3.05, 3.63) is 35.1 Å². The van der Waals surface area contributed by atoms with Crippen LogP contribution >= 0.6 is 0 Å². The summed E-state index contributed by atoms with van der Waals surface area (Å²) in [4.78, 5) is 0. The normalized spacial score (nSPS) is 22.0. The molecule has 1 aromatic rings. The van der Waals surface area contributed by atoms with Gasteiger partial charge in [-0.1, -0.05) is 12.1 Å². The van der Waals surface area contributed by atoms with E-state index in [4.69, 9.17) is 0 Å². The predicted molar refractivity (Wildman–Crippen MR) is 46.5 cm³/mol. The molecule has 1 saturated heterocycles. The van der Waals surface area contributed by atoms with Gasteiger partial charge in [-0.05, 0) is 37.1 Å². The van der Waals surface area contributed by atoms with Crippen LogP contribution in [0, 0.1) is 12.7 Å². The largest absolute Gasteiger partial charge is 0.310 e. The van der Waals surface area contributed by atoms with Crippen molar-refractivity contribution in [3.63, 3.8) is 0 Å². The van der Waals surface area contributed by atoms with E-state index in [1.54, 1.807) is 6.07 Å². The topological polar surface area (TPSA) is 12.0 Å². The van der Waals surface area contributed by atoms with Crippen LogP contribution in [0.4, 0.5) is 4.39 Å². The quantitative estimate of drug-likeness (QED) is 0.672. The van der Waals surface area contributed by atoms with Gasteiger partial charge < -0.3 is 5.32 Å². The Balaban J connectivity index is 2.36. The van der Waals surface area contributed by atoms with E-state index in [0.29, 0.717) is 6.04 Å². The molecule has 1 heterocycles. The number of rotatable bonds is 1. The summed E-state index contributed by atoms with van der Waals surface area (Å²) in [5, 5.41) is 3.26. The first-order valence-corrected chi connectivity index (χ1v) is 4.27. The lowest BCUT2D eigenvalue weighted by atomic mass is 9.94. The Hall–Kier alpha value is -0.890. The van der Waals surface area contributed by atoms with Crippen LogP contribution < -0.4 is 5.32 Å². The van der Waals surface area contributed by atoms with Crippen LogP contribution in [0.5, 0.6) is 0 Å². The first-order chi connectivity index (χ1) is 5.79. The Kier molecular flexibility index (Phi) is 1.85. The van der Waals surface area contributed by atoms with Gasteiger partial charge in [0, 0.05) is 6.04 Å². The number of benzene rings is 1. The second kappa shape index (κ2) is 2.87. The Bertz CT molecular complexity index is 292. The van der Waals surface area contributed by atoms with Gasteiger partial charge >= 0.3 is 0 Å². The lowest BCUT2D eigenvalue weighted by Gasteiger charge is -2.29. The average molecular weight is 165 g/mol. The highest BCUT2D eigenvalue weighted by atomic mass is 19.1. The summed E-state index contributed by atoms with van der Waals surface area (Å²) in [6.07, 6.45) is 1.13. The van der Waals surface area contributed by atoms with E-state index >= 15 is 0 Å². The highest BCUT2D eigenvalue weighted by Gasteiger charge is 2.20. The maximum absolute atomic E-state index is 13.1. The fourth-order valence-corrected chi connectivity index (χ4v) is 1.56. The molecule has 2 rings (SSSR count). The molecule has 0 unspecified atom stereocenters. The van der Waals surface area contributed by atoms with E-state index in [9.17, 15) is 4.39 Å². The summed E-state index contributed by atoms with van der Waals surface area (Å²) in [7, 11) is 0. The summed E-state index contributed by atoms with van der Waals surface area (Å²) in [6, 6.07) is 5.67. The molecule has 0 aromatic heterocycles. The zero-order valence-corrected chi connectivity index (χ0v) is 7.10. The lowest BCUT2D eigenvalue weighted by molar-refractivity contribution is 0.380. The van der Waals surface area contributed by atoms with E-state index < -0.39 is 0 Å². The number of halogens is 1. The van der Waals surface area contributed by atoms with Crippen molar-refractivity contribution in [3.8, 4) is 0 Å². The van der Waals surface area contributed by atoms with Crippen molar-refractivity contribution < 1.29 is 4.39 Å². The van der Waals surface area contributed by atoms with Crippen molar-refractivity contribution in [1.29, 1.82) is 0 Å². The van der Waals surface area contributed by atoms with Crippen molar-refractivity contribution in [2.75, 3.05) is 6.54 Å². The minimum atomic E-state index is -0.0961. The summed E-state index contributed by atoms with van der Waals surface area (Å²) in [6.45, 7) is 2.89. The molecule has 1 aliphatic heterocycles.